The van der Waals surface area contributed by atoms with Crippen LogP contribution in [0.3, 0.4) is 0 Å². The molecule has 1 aromatic heterocycles. The standard InChI is InChI=1S/C8H12N4O3/c1-5-4-7(12(14)15)10-11(5)6(2)8(13)9-3/h4,6H,1-3H3,(H,9,13). The zero-order valence-corrected chi connectivity index (χ0v) is 8.72. The van der Waals surface area contributed by atoms with Crippen molar-refractivity contribution in [3.63, 3.8) is 0 Å². The van der Waals surface area contributed by atoms with Crippen LogP contribution in [-0.4, -0.2) is 27.7 Å². The molecule has 0 bridgehead atoms. The highest BCUT2D eigenvalue weighted by Gasteiger charge is 2.23. The van der Waals surface area contributed by atoms with Gasteiger partial charge in [0.2, 0.25) is 5.91 Å². The molecular weight excluding hydrogens is 200 g/mol. The summed E-state index contributed by atoms with van der Waals surface area (Å²) in [5.74, 6) is -0.487. The summed E-state index contributed by atoms with van der Waals surface area (Å²) in [6.07, 6.45) is 0. The molecule has 7 heteroatoms. The Morgan fingerprint density at radius 1 is 1.73 bits per heavy atom. The third-order valence-electron chi connectivity index (χ3n) is 2.09. The monoisotopic (exact) mass is 212 g/mol. The van der Waals surface area contributed by atoms with Crippen LogP contribution in [-0.2, 0) is 4.79 Å². The molecule has 0 saturated carbocycles. The smallest absolute Gasteiger partial charge is 0.358 e. The van der Waals surface area contributed by atoms with Gasteiger partial charge in [0.05, 0.1) is 16.9 Å². The van der Waals surface area contributed by atoms with E-state index in [1.165, 1.54) is 17.8 Å². The average Bonchev–Trinajstić information content (AvgIpc) is 2.58. The van der Waals surface area contributed by atoms with Crippen LogP contribution in [0.5, 0.6) is 0 Å². The van der Waals surface area contributed by atoms with Crippen LogP contribution in [0.25, 0.3) is 0 Å². The molecule has 1 rings (SSSR count). The van der Waals surface area contributed by atoms with E-state index in [0.29, 0.717) is 5.69 Å². The van der Waals surface area contributed by atoms with Crippen LogP contribution in [0.2, 0.25) is 0 Å². The highest BCUT2D eigenvalue weighted by atomic mass is 16.6. The SMILES string of the molecule is CNC(=O)C(C)n1nc([N+](=O)[O-])cc1C. The number of nitro groups is 1. The number of nitrogens with zero attached hydrogens (tertiary/aromatic N) is 3. The first-order valence-electron chi connectivity index (χ1n) is 4.39. The van der Waals surface area contributed by atoms with Gasteiger partial charge in [-0.3, -0.25) is 4.79 Å². The summed E-state index contributed by atoms with van der Waals surface area (Å²) in [4.78, 5) is 21.2. The summed E-state index contributed by atoms with van der Waals surface area (Å²) in [6, 6.07) is 0.781. The van der Waals surface area contributed by atoms with Crippen molar-refractivity contribution in [3.8, 4) is 0 Å². The second kappa shape index (κ2) is 4.07. The van der Waals surface area contributed by atoms with Crippen LogP contribution in [0.4, 0.5) is 5.82 Å². The van der Waals surface area contributed by atoms with Crippen molar-refractivity contribution in [1.29, 1.82) is 0 Å². The number of likely N-dealkylation sites (N-methyl/N-ethyl adjacent to an activating group) is 1. The third kappa shape index (κ3) is 2.12. The molecule has 0 radical (unpaired) electrons. The van der Waals surface area contributed by atoms with Gasteiger partial charge in [-0.05, 0) is 18.8 Å². The summed E-state index contributed by atoms with van der Waals surface area (Å²) in [5.41, 5.74) is 0.581. The molecule has 82 valence electrons. The summed E-state index contributed by atoms with van der Waals surface area (Å²) < 4.78 is 1.33. The number of hydrogen-bond acceptors (Lipinski definition) is 4. The van der Waals surface area contributed by atoms with Gasteiger partial charge in [0.25, 0.3) is 0 Å². The van der Waals surface area contributed by atoms with Crippen molar-refractivity contribution < 1.29 is 9.72 Å². The Morgan fingerprint density at radius 2 is 2.33 bits per heavy atom. The van der Waals surface area contributed by atoms with Crippen LogP contribution < -0.4 is 5.32 Å². The molecule has 0 aliphatic carbocycles. The van der Waals surface area contributed by atoms with Gasteiger partial charge in [0.1, 0.15) is 6.04 Å². The van der Waals surface area contributed by atoms with E-state index < -0.39 is 11.0 Å². The molecule has 1 unspecified atom stereocenters. The van der Waals surface area contributed by atoms with Gasteiger partial charge >= 0.3 is 5.82 Å². The van der Waals surface area contributed by atoms with E-state index in [9.17, 15) is 14.9 Å². The van der Waals surface area contributed by atoms with Crippen LogP contribution in [0, 0.1) is 17.0 Å². The molecule has 0 spiro atoms. The van der Waals surface area contributed by atoms with Gasteiger partial charge in [0, 0.05) is 7.05 Å². The van der Waals surface area contributed by atoms with Gasteiger partial charge in [-0.1, -0.05) is 0 Å². The van der Waals surface area contributed by atoms with Gasteiger partial charge in [0.15, 0.2) is 0 Å². The van der Waals surface area contributed by atoms with Crippen molar-refractivity contribution in [3.05, 3.63) is 21.9 Å². The lowest BCUT2D eigenvalue weighted by molar-refractivity contribution is -0.389. The van der Waals surface area contributed by atoms with Crippen molar-refractivity contribution >= 4 is 11.7 Å². The van der Waals surface area contributed by atoms with E-state index in [-0.39, 0.29) is 11.7 Å². The Labute approximate surface area is 86.2 Å². The van der Waals surface area contributed by atoms with Crippen molar-refractivity contribution in [2.75, 3.05) is 7.05 Å². The van der Waals surface area contributed by atoms with Crippen molar-refractivity contribution in [2.45, 2.75) is 19.9 Å². The van der Waals surface area contributed by atoms with Gasteiger partial charge < -0.3 is 15.4 Å². The first kappa shape index (κ1) is 11.2. The summed E-state index contributed by atoms with van der Waals surface area (Å²) in [7, 11) is 1.51. The summed E-state index contributed by atoms with van der Waals surface area (Å²) >= 11 is 0. The lowest BCUT2D eigenvalue weighted by Gasteiger charge is -2.07. The lowest BCUT2D eigenvalue weighted by atomic mass is 10.3. The van der Waals surface area contributed by atoms with Crippen LogP contribution in [0.15, 0.2) is 6.07 Å². The van der Waals surface area contributed by atoms with Crippen LogP contribution >= 0.6 is 0 Å². The zero-order chi connectivity index (χ0) is 11.6. The molecule has 1 atom stereocenters. The van der Waals surface area contributed by atoms with Gasteiger partial charge in [-0.2, -0.15) is 4.68 Å². The minimum Gasteiger partial charge on any atom is -0.358 e. The van der Waals surface area contributed by atoms with E-state index in [1.54, 1.807) is 13.8 Å². The average molecular weight is 212 g/mol. The molecule has 1 aromatic rings. The Hall–Kier alpha value is -1.92. The molecule has 0 fully saturated rings. The van der Waals surface area contributed by atoms with E-state index in [4.69, 9.17) is 0 Å². The molecule has 0 aliphatic heterocycles. The van der Waals surface area contributed by atoms with Gasteiger partial charge in [-0.15, -0.1) is 0 Å². The fourth-order valence-electron chi connectivity index (χ4n) is 1.27. The Morgan fingerprint density at radius 3 is 2.73 bits per heavy atom. The van der Waals surface area contributed by atoms with Crippen LogP contribution in [0.1, 0.15) is 18.7 Å². The Kier molecular flexibility index (Phi) is 3.03. The topological polar surface area (TPSA) is 90.1 Å². The van der Waals surface area contributed by atoms with E-state index in [0.717, 1.165) is 0 Å². The molecule has 1 heterocycles. The second-order valence-electron chi connectivity index (χ2n) is 3.14. The number of aromatic nitrogens is 2. The highest BCUT2D eigenvalue weighted by molar-refractivity contribution is 5.79. The minimum absolute atomic E-state index is 0.240. The molecule has 0 aromatic carbocycles. The summed E-state index contributed by atoms with van der Waals surface area (Å²) in [5, 5.41) is 16.7. The lowest BCUT2D eigenvalue weighted by Crippen LogP contribution is -2.28. The molecule has 1 amide bonds. The molecule has 15 heavy (non-hydrogen) atoms. The number of carbonyl (C=O) groups is 1. The first-order valence-corrected chi connectivity index (χ1v) is 4.39. The number of aryl methyl sites for hydroxylation is 1. The number of carbonyl (C=O) groups excluding carboxylic acids is 1. The third-order valence-corrected chi connectivity index (χ3v) is 2.09. The number of hydrogen-bond donors (Lipinski definition) is 1. The predicted octanol–water partition coefficient (Wildman–Crippen LogP) is 0.407. The quantitative estimate of drug-likeness (QED) is 0.580. The molecule has 0 aliphatic rings. The fourth-order valence-corrected chi connectivity index (χ4v) is 1.27. The normalized spacial score (nSPS) is 12.2. The number of rotatable bonds is 3. The van der Waals surface area contributed by atoms with E-state index in [2.05, 4.69) is 10.4 Å². The summed E-state index contributed by atoms with van der Waals surface area (Å²) in [6.45, 7) is 3.29. The molecule has 7 nitrogen and oxygen atoms in total. The predicted molar refractivity (Wildman–Crippen MR) is 52.4 cm³/mol. The maximum absolute atomic E-state index is 11.3. The Bertz CT molecular complexity index is 399. The maximum atomic E-state index is 11.3. The van der Waals surface area contributed by atoms with E-state index in [1.807, 2.05) is 0 Å². The molecule has 1 N–H and O–H groups in total. The molecular formula is C8H12N4O3. The highest BCUT2D eigenvalue weighted by Crippen LogP contribution is 2.15. The second-order valence-corrected chi connectivity index (χ2v) is 3.14. The zero-order valence-electron chi connectivity index (χ0n) is 8.72. The minimum atomic E-state index is -0.583. The van der Waals surface area contributed by atoms with Crippen molar-refractivity contribution in [2.24, 2.45) is 0 Å². The number of nitrogens with one attached hydrogen (secondary N) is 1. The van der Waals surface area contributed by atoms with E-state index >= 15 is 0 Å². The van der Waals surface area contributed by atoms with Gasteiger partial charge in [-0.25, -0.2) is 0 Å². The van der Waals surface area contributed by atoms with Crippen molar-refractivity contribution in [1.82, 2.24) is 15.1 Å². The maximum Gasteiger partial charge on any atom is 0.390 e. The largest absolute Gasteiger partial charge is 0.390 e. The Balaban J connectivity index is 3.04. The first-order chi connectivity index (χ1) is 6.97. The number of amides is 1. The fraction of sp³-hybridized carbons (Fsp3) is 0.500. The molecule has 0 saturated heterocycles.